The van der Waals surface area contributed by atoms with Gasteiger partial charge in [-0.1, -0.05) is 10.8 Å². The number of carbonyl (C=O) groups excluding carboxylic acids is 2. The second-order valence-corrected chi connectivity index (χ2v) is 2.56. The molecule has 0 heterocycles. The van der Waals surface area contributed by atoms with Crippen molar-refractivity contribution in [2.45, 2.75) is 6.92 Å². The molecule has 0 aromatic heterocycles. The van der Waals surface area contributed by atoms with Gasteiger partial charge in [-0.25, -0.2) is 4.79 Å². The van der Waals surface area contributed by atoms with E-state index < -0.39 is 0 Å². The monoisotopic (exact) mass is 190 g/mol. The molecule has 1 aromatic carbocycles. The zero-order valence-electron chi connectivity index (χ0n) is 7.35. The number of hydrogen-bond acceptors (Lipinski definition) is 4. The Morgan fingerprint density at radius 3 is 2.71 bits per heavy atom. The predicted molar refractivity (Wildman–Crippen MR) is 47.9 cm³/mol. The van der Waals surface area contributed by atoms with Crippen LogP contribution in [0.15, 0.2) is 23.2 Å². The molecule has 5 heteroatoms. The number of aryl methyl sites for hydroxylation is 1. The Morgan fingerprint density at radius 2 is 2.14 bits per heavy atom. The Hall–Kier alpha value is -2.22. The summed E-state index contributed by atoms with van der Waals surface area (Å²) in [6.07, 6.45) is 2.52. The third-order valence-corrected chi connectivity index (χ3v) is 1.67. The summed E-state index contributed by atoms with van der Waals surface area (Å²) in [6, 6.07) is 4.44. The molecule has 0 saturated heterocycles. The highest BCUT2D eigenvalue weighted by Crippen LogP contribution is 2.23. The van der Waals surface area contributed by atoms with Gasteiger partial charge in [0.05, 0.1) is 5.69 Å². The highest BCUT2D eigenvalue weighted by Gasteiger charge is 2.07. The van der Waals surface area contributed by atoms with Crippen molar-refractivity contribution in [2.75, 3.05) is 0 Å². The van der Waals surface area contributed by atoms with Crippen LogP contribution in [0.4, 0.5) is 11.4 Å². The van der Waals surface area contributed by atoms with E-state index in [1.54, 1.807) is 19.1 Å². The van der Waals surface area contributed by atoms with E-state index in [0.29, 0.717) is 5.56 Å². The van der Waals surface area contributed by atoms with Gasteiger partial charge >= 0.3 is 6.08 Å². The van der Waals surface area contributed by atoms with E-state index in [0.717, 1.165) is 0 Å². The number of benzene rings is 1. The van der Waals surface area contributed by atoms with E-state index in [4.69, 9.17) is 0 Å². The van der Waals surface area contributed by atoms with Crippen LogP contribution in [0, 0.1) is 12.1 Å². The maximum Gasteiger partial charge on any atom is 0.443 e. The van der Waals surface area contributed by atoms with Crippen molar-refractivity contribution in [3.05, 3.63) is 29.0 Å². The molecular weight excluding hydrogens is 184 g/mol. The minimum Gasteiger partial charge on any atom is -0.607 e. The first kappa shape index (κ1) is 9.86. The van der Waals surface area contributed by atoms with E-state index in [1.165, 1.54) is 18.2 Å². The molecule has 0 N–H and O–H groups in total. The lowest BCUT2D eigenvalue weighted by molar-refractivity contribution is -0.358. The molecule has 1 rings (SSSR count). The lowest BCUT2D eigenvalue weighted by Crippen LogP contribution is -1.94. The summed E-state index contributed by atoms with van der Waals surface area (Å²) in [5.74, 6) is 0. The molecule has 0 aliphatic heterocycles. The van der Waals surface area contributed by atoms with Gasteiger partial charge in [0.1, 0.15) is 0 Å². The fourth-order valence-electron chi connectivity index (χ4n) is 0.988. The Balaban J connectivity index is 3.35. The normalized spacial score (nSPS) is 8.64. The van der Waals surface area contributed by atoms with Gasteiger partial charge in [-0.05, 0) is 13.0 Å². The maximum absolute atomic E-state index is 10.9. The third kappa shape index (κ3) is 1.93. The van der Waals surface area contributed by atoms with Crippen LogP contribution >= 0.6 is 0 Å². The summed E-state index contributed by atoms with van der Waals surface area (Å²) >= 11 is 0. The topological polar surface area (TPSA) is 72.6 Å². The molecule has 0 spiro atoms. The molecule has 0 aliphatic rings. The summed E-state index contributed by atoms with van der Waals surface area (Å²) in [4.78, 5) is 23.4. The quantitative estimate of drug-likeness (QED) is 0.233. The lowest BCUT2D eigenvalue weighted by Gasteiger charge is -2.01. The van der Waals surface area contributed by atoms with Crippen LogP contribution in [0.25, 0.3) is 0 Å². The SMILES string of the molecule is Cc1ccc(N=C=O)cc1[N+]([O-])=C=O. The van der Waals surface area contributed by atoms with Gasteiger partial charge in [0.15, 0.2) is 0 Å². The standard InChI is InChI=1S/C9H6N2O3/c1-7-2-3-8(10-5-12)4-9(7)11(14)6-13/h2-4H,1H3. The molecule has 14 heavy (non-hydrogen) atoms. The Labute approximate surface area is 79.6 Å². The first-order valence-electron chi connectivity index (χ1n) is 3.72. The molecule has 0 saturated carbocycles. The van der Waals surface area contributed by atoms with Gasteiger partial charge in [-0.2, -0.15) is 9.79 Å². The highest BCUT2D eigenvalue weighted by atomic mass is 16.5. The number of isocyanates is 2. The molecule has 1 aromatic rings. The molecule has 0 atom stereocenters. The largest absolute Gasteiger partial charge is 0.607 e. The second kappa shape index (κ2) is 4.14. The van der Waals surface area contributed by atoms with Crippen LogP contribution in [0.2, 0.25) is 0 Å². The summed E-state index contributed by atoms with van der Waals surface area (Å²) < 4.78 is 0.0547. The average Bonchev–Trinajstić information content (AvgIpc) is 2.20. The maximum atomic E-state index is 10.9. The van der Waals surface area contributed by atoms with Crippen LogP contribution in [-0.4, -0.2) is 16.9 Å². The predicted octanol–water partition coefficient (Wildman–Crippen LogP) is 1.44. The Bertz CT molecular complexity index is 455. The Kier molecular flexibility index (Phi) is 2.92. The molecule has 0 fully saturated rings. The summed E-state index contributed by atoms with van der Waals surface area (Å²) in [6.45, 7) is 1.66. The van der Waals surface area contributed by atoms with Gasteiger partial charge in [0.2, 0.25) is 11.8 Å². The lowest BCUT2D eigenvalue weighted by atomic mass is 10.2. The summed E-state index contributed by atoms with van der Waals surface area (Å²) in [5.41, 5.74) is 1.00. The van der Waals surface area contributed by atoms with E-state index in [9.17, 15) is 14.8 Å². The van der Waals surface area contributed by atoms with Crippen LogP contribution in [-0.2, 0) is 9.59 Å². The zero-order chi connectivity index (χ0) is 10.6. The van der Waals surface area contributed by atoms with E-state index in [2.05, 4.69) is 4.99 Å². The second-order valence-electron chi connectivity index (χ2n) is 2.56. The molecule has 5 nitrogen and oxygen atoms in total. The summed E-state index contributed by atoms with van der Waals surface area (Å²) in [7, 11) is 0. The molecule has 0 aliphatic carbocycles. The fraction of sp³-hybridized carbons (Fsp3) is 0.111. The van der Waals surface area contributed by atoms with Crippen LogP contribution in [0.3, 0.4) is 0 Å². The highest BCUT2D eigenvalue weighted by molar-refractivity contribution is 5.56. The molecular formula is C9H6N2O3. The van der Waals surface area contributed by atoms with E-state index >= 15 is 0 Å². The van der Waals surface area contributed by atoms with Crippen molar-refractivity contribution in [3.63, 3.8) is 0 Å². The van der Waals surface area contributed by atoms with Crippen LogP contribution in [0.5, 0.6) is 0 Å². The number of hydrogen-bond donors (Lipinski definition) is 0. The number of nitrogens with zero attached hydrogens (tertiary/aromatic N) is 2. The average molecular weight is 190 g/mol. The van der Waals surface area contributed by atoms with Crippen molar-refractivity contribution in [1.82, 2.24) is 0 Å². The van der Waals surface area contributed by atoms with E-state index in [-0.39, 0.29) is 16.1 Å². The van der Waals surface area contributed by atoms with Crippen molar-refractivity contribution < 1.29 is 14.3 Å². The van der Waals surface area contributed by atoms with Crippen molar-refractivity contribution in [2.24, 2.45) is 4.99 Å². The van der Waals surface area contributed by atoms with Gasteiger partial charge in [-0.15, -0.1) is 0 Å². The van der Waals surface area contributed by atoms with E-state index in [1.807, 2.05) is 0 Å². The Morgan fingerprint density at radius 1 is 1.43 bits per heavy atom. The minimum absolute atomic E-state index is 0.0547. The molecule has 0 unspecified atom stereocenters. The zero-order valence-corrected chi connectivity index (χ0v) is 7.35. The van der Waals surface area contributed by atoms with Crippen molar-refractivity contribution in [1.29, 1.82) is 0 Å². The van der Waals surface area contributed by atoms with Crippen LogP contribution < -0.4 is 0 Å². The molecule has 0 radical (unpaired) electrons. The minimum atomic E-state index is 0.0547. The van der Waals surface area contributed by atoms with Gasteiger partial charge in [0, 0.05) is 11.6 Å². The smallest absolute Gasteiger partial charge is 0.443 e. The van der Waals surface area contributed by atoms with Crippen molar-refractivity contribution >= 4 is 23.5 Å². The fourth-order valence-corrected chi connectivity index (χ4v) is 0.988. The first-order valence-corrected chi connectivity index (χ1v) is 3.72. The number of aliphatic imine (C=N–C) groups is 1. The number of rotatable bonds is 2. The summed E-state index contributed by atoms with van der Waals surface area (Å²) in [5, 5.41) is 10.9. The van der Waals surface area contributed by atoms with Gasteiger partial charge in [0.25, 0.3) is 0 Å². The van der Waals surface area contributed by atoms with Crippen LogP contribution in [0.1, 0.15) is 5.56 Å². The van der Waals surface area contributed by atoms with Gasteiger partial charge < -0.3 is 5.21 Å². The molecule has 0 amide bonds. The molecule has 0 bridgehead atoms. The molecule has 70 valence electrons. The first-order chi connectivity index (χ1) is 6.69. The van der Waals surface area contributed by atoms with Crippen molar-refractivity contribution in [3.8, 4) is 0 Å². The third-order valence-electron chi connectivity index (χ3n) is 1.67. The van der Waals surface area contributed by atoms with Gasteiger partial charge in [-0.3, -0.25) is 0 Å².